The fourth-order valence-corrected chi connectivity index (χ4v) is 2.88. The molecule has 2 aromatic rings. The number of carbonyl (C=O) groups excluding carboxylic acids is 2. The minimum Gasteiger partial charge on any atom is -0.360 e. The van der Waals surface area contributed by atoms with E-state index in [2.05, 4.69) is 10.5 Å². The van der Waals surface area contributed by atoms with Gasteiger partial charge < -0.3 is 14.7 Å². The highest BCUT2D eigenvalue weighted by Gasteiger charge is 2.23. The van der Waals surface area contributed by atoms with E-state index in [0.29, 0.717) is 43.3 Å². The number of piperazine rings is 1. The van der Waals surface area contributed by atoms with Crippen molar-refractivity contribution in [2.24, 2.45) is 0 Å². The molecule has 138 valence electrons. The van der Waals surface area contributed by atoms with Gasteiger partial charge in [-0.15, -0.1) is 0 Å². The number of amides is 2. The number of nitrogens with one attached hydrogen (secondary N) is 1. The van der Waals surface area contributed by atoms with Crippen LogP contribution in [0.4, 0.5) is 10.2 Å². The van der Waals surface area contributed by atoms with E-state index in [9.17, 15) is 14.0 Å². The molecular formula is C18H21FN4O3. The van der Waals surface area contributed by atoms with Crippen molar-refractivity contribution in [2.45, 2.75) is 13.3 Å². The van der Waals surface area contributed by atoms with Crippen molar-refractivity contribution in [3.8, 4) is 0 Å². The van der Waals surface area contributed by atoms with E-state index >= 15 is 0 Å². The molecule has 1 fully saturated rings. The number of anilines is 1. The molecule has 1 aromatic heterocycles. The maximum absolute atomic E-state index is 13.7. The first-order valence-corrected chi connectivity index (χ1v) is 8.48. The lowest BCUT2D eigenvalue weighted by Crippen LogP contribution is -2.50. The Balaban J connectivity index is 1.44. The minimum absolute atomic E-state index is 0.0542. The molecule has 0 bridgehead atoms. The van der Waals surface area contributed by atoms with Gasteiger partial charge in [-0.1, -0.05) is 23.4 Å². The number of hydrogen-bond acceptors (Lipinski definition) is 5. The third-order valence-corrected chi connectivity index (χ3v) is 4.29. The van der Waals surface area contributed by atoms with Crippen LogP contribution in [-0.4, -0.2) is 59.5 Å². The van der Waals surface area contributed by atoms with E-state index < -0.39 is 0 Å². The molecule has 1 saturated heterocycles. The molecular weight excluding hydrogens is 339 g/mol. The molecule has 0 spiro atoms. The lowest BCUT2D eigenvalue weighted by molar-refractivity contribution is -0.132. The zero-order valence-corrected chi connectivity index (χ0v) is 14.6. The number of nitrogens with zero attached hydrogens (tertiary/aromatic N) is 3. The summed E-state index contributed by atoms with van der Waals surface area (Å²) >= 11 is 0. The molecule has 2 amide bonds. The Morgan fingerprint density at radius 2 is 1.96 bits per heavy atom. The van der Waals surface area contributed by atoms with Crippen molar-refractivity contribution in [3.05, 3.63) is 47.5 Å². The largest absolute Gasteiger partial charge is 0.360 e. The summed E-state index contributed by atoms with van der Waals surface area (Å²) < 4.78 is 18.6. The quantitative estimate of drug-likeness (QED) is 0.873. The van der Waals surface area contributed by atoms with E-state index in [-0.39, 0.29) is 30.6 Å². The molecule has 1 N–H and O–H groups in total. The fraction of sp³-hybridized carbons (Fsp3) is 0.389. The zero-order valence-electron chi connectivity index (χ0n) is 14.6. The zero-order chi connectivity index (χ0) is 18.5. The Bertz CT molecular complexity index is 784. The van der Waals surface area contributed by atoms with Gasteiger partial charge in [0.25, 0.3) is 0 Å². The average Bonchev–Trinajstić information content (AvgIpc) is 3.02. The van der Waals surface area contributed by atoms with Gasteiger partial charge >= 0.3 is 0 Å². The standard InChI is InChI=1S/C18H21FN4O3/c1-13-10-16(21-26-13)20-17(24)12-22-6-8-23(9-7-22)18(25)11-14-4-2-3-5-15(14)19/h2-5,10H,6-9,11-12H2,1H3,(H,20,21,24). The number of aromatic nitrogens is 1. The Morgan fingerprint density at radius 1 is 1.23 bits per heavy atom. The highest BCUT2D eigenvalue weighted by molar-refractivity contribution is 5.91. The maximum Gasteiger partial charge on any atom is 0.239 e. The molecule has 1 aliphatic heterocycles. The molecule has 8 heteroatoms. The molecule has 1 aliphatic rings. The summed E-state index contributed by atoms with van der Waals surface area (Å²) in [5.41, 5.74) is 0.405. The van der Waals surface area contributed by atoms with Crippen LogP contribution in [0.3, 0.4) is 0 Å². The lowest BCUT2D eigenvalue weighted by atomic mass is 10.1. The van der Waals surface area contributed by atoms with Crippen LogP contribution in [0.25, 0.3) is 0 Å². The Hall–Kier alpha value is -2.74. The van der Waals surface area contributed by atoms with Crippen LogP contribution in [0.15, 0.2) is 34.9 Å². The van der Waals surface area contributed by atoms with Crippen molar-refractivity contribution in [3.63, 3.8) is 0 Å². The van der Waals surface area contributed by atoms with Gasteiger partial charge in [0.1, 0.15) is 11.6 Å². The monoisotopic (exact) mass is 360 g/mol. The molecule has 26 heavy (non-hydrogen) atoms. The third-order valence-electron chi connectivity index (χ3n) is 4.29. The summed E-state index contributed by atoms with van der Waals surface area (Å²) in [6, 6.07) is 7.96. The molecule has 0 unspecified atom stereocenters. The second kappa shape index (κ2) is 8.09. The highest BCUT2D eigenvalue weighted by Crippen LogP contribution is 2.11. The smallest absolute Gasteiger partial charge is 0.239 e. The number of aryl methyl sites for hydroxylation is 1. The van der Waals surface area contributed by atoms with Gasteiger partial charge in [0.2, 0.25) is 11.8 Å². The predicted molar refractivity (Wildman–Crippen MR) is 93.0 cm³/mol. The van der Waals surface area contributed by atoms with Crippen LogP contribution < -0.4 is 5.32 Å². The predicted octanol–water partition coefficient (Wildman–Crippen LogP) is 1.45. The van der Waals surface area contributed by atoms with Crippen molar-refractivity contribution >= 4 is 17.6 Å². The van der Waals surface area contributed by atoms with Crippen molar-refractivity contribution < 1.29 is 18.5 Å². The molecule has 0 atom stereocenters. The summed E-state index contributed by atoms with van der Waals surface area (Å²) in [5, 5.41) is 6.40. The van der Waals surface area contributed by atoms with Gasteiger partial charge in [0.15, 0.2) is 5.82 Å². The summed E-state index contributed by atoms with van der Waals surface area (Å²) in [5.74, 6) is 0.384. The average molecular weight is 360 g/mol. The van der Waals surface area contributed by atoms with E-state index in [1.54, 1.807) is 36.1 Å². The topological polar surface area (TPSA) is 78.7 Å². The van der Waals surface area contributed by atoms with E-state index in [1.807, 2.05) is 4.90 Å². The number of benzene rings is 1. The second-order valence-corrected chi connectivity index (χ2v) is 6.30. The normalized spacial score (nSPS) is 15.1. The summed E-state index contributed by atoms with van der Waals surface area (Å²) in [4.78, 5) is 28.0. The molecule has 0 saturated carbocycles. The van der Waals surface area contributed by atoms with Crippen LogP contribution >= 0.6 is 0 Å². The number of hydrogen-bond donors (Lipinski definition) is 1. The SMILES string of the molecule is Cc1cc(NC(=O)CN2CCN(C(=O)Cc3ccccc3F)CC2)no1. The van der Waals surface area contributed by atoms with E-state index in [1.165, 1.54) is 6.07 Å². The Morgan fingerprint density at radius 3 is 2.62 bits per heavy atom. The van der Waals surface area contributed by atoms with E-state index in [4.69, 9.17) is 4.52 Å². The molecule has 3 rings (SSSR count). The highest BCUT2D eigenvalue weighted by atomic mass is 19.1. The fourth-order valence-electron chi connectivity index (χ4n) is 2.88. The van der Waals surface area contributed by atoms with Gasteiger partial charge in [-0.2, -0.15) is 0 Å². The molecule has 2 heterocycles. The molecule has 7 nitrogen and oxygen atoms in total. The Kier molecular flexibility index (Phi) is 5.62. The molecule has 0 radical (unpaired) electrons. The summed E-state index contributed by atoms with van der Waals surface area (Å²) in [6.07, 6.45) is 0.0542. The van der Waals surface area contributed by atoms with Gasteiger partial charge in [0, 0.05) is 32.2 Å². The maximum atomic E-state index is 13.7. The van der Waals surface area contributed by atoms with Crippen molar-refractivity contribution in [1.82, 2.24) is 15.0 Å². The van der Waals surface area contributed by atoms with Gasteiger partial charge in [-0.3, -0.25) is 14.5 Å². The van der Waals surface area contributed by atoms with Gasteiger partial charge in [-0.25, -0.2) is 4.39 Å². The second-order valence-electron chi connectivity index (χ2n) is 6.30. The van der Waals surface area contributed by atoms with E-state index in [0.717, 1.165) is 0 Å². The first kappa shape index (κ1) is 18.1. The molecule has 1 aromatic carbocycles. The van der Waals surface area contributed by atoms with Crippen LogP contribution in [0, 0.1) is 12.7 Å². The number of carbonyl (C=O) groups is 2. The van der Waals surface area contributed by atoms with Gasteiger partial charge in [0.05, 0.1) is 13.0 Å². The van der Waals surface area contributed by atoms with Crippen LogP contribution in [0.5, 0.6) is 0 Å². The minimum atomic E-state index is -0.362. The van der Waals surface area contributed by atoms with Crippen LogP contribution in [-0.2, 0) is 16.0 Å². The lowest BCUT2D eigenvalue weighted by Gasteiger charge is -2.34. The van der Waals surface area contributed by atoms with Crippen molar-refractivity contribution in [1.29, 1.82) is 0 Å². The Labute approximate surface area is 150 Å². The molecule has 0 aliphatic carbocycles. The van der Waals surface area contributed by atoms with Crippen molar-refractivity contribution in [2.75, 3.05) is 38.0 Å². The number of rotatable bonds is 5. The third kappa shape index (κ3) is 4.66. The van der Waals surface area contributed by atoms with Crippen LogP contribution in [0.1, 0.15) is 11.3 Å². The van der Waals surface area contributed by atoms with Crippen LogP contribution in [0.2, 0.25) is 0 Å². The first-order valence-electron chi connectivity index (χ1n) is 8.48. The number of halogens is 1. The van der Waals surface area contributed by atoms with Gasteiger partial charge in [-0.05, 0) is 18.6 Å². The first-order chi connectivity index (χ1) is 12.5. The summed E-state index contributed by atoms with van der Waals surface area (Å²) in [7, 11) is 0. The summed E-state index contributed by atoms with van der Waals surface area (Å²) in [6.45, 7) is 4.19.